The van der Waals surface area contributed by atoms with Gasteiger partial charge in [0.1, 0.15) is 6.10 Å². The minimum Gasteiger partial charge on any atom is -0.394 e. The number of likely N-dealkylation sites (N-methyl/N-ethyl adjacent to an activating group) is 1. The smallest absolute Gasteiger partial charge is 0.251 e. The molecule has 0 radical (unpaired) electrons. The van der Waals surface area contributed by atoms with E-state index in [1.165, 1.54) is 0 Å². The summed E-state index contributed by atoms with van der Waals surface area (Å²) >= 11 is 0. The Morgan fingerprint density at radius 3 is 2.12 bits per heavy atom. The molecule has 16 heavy (non-hydrogen) atoms. The Morgan fingerprint density at radius 2 is 1.69 bits per heavy atom. The van der Waals surface area contributed by atoms with Crippen molar-refractivity contribution >= 4 is 5.91 Å². The Morgan fingerprint density at radius 1 is 1.12 bits per heavy atom. The van der Waals surface area contributed by atoms with Gasteiger partial charge < -0.3 is 30.8 Å². The molecule has 4 atom stereocenters. The molecule has 0 rings (SSSR count). The van der Waals surface area contributed by atoms with Crippen molar-refractivity contribution in [2.45, 2.75) is 37.8 Å². The van der Waals surface area contributed by atoms with Crippen LogP contribution in [0.15, 0.2) is 0 Å². The molecule has 96 valence electrons. The molecule has 0 aromatic heterocycles. The number of hydrogen-bond acceptors (Lipinski definition) is 6. The maximum absolute atomic E-state index is 11.1. The molecule has 0 saturated carbocycles. The first-order valence-corrected chi connectivity index (χ1v) is 5.04. The first-order valence-electron chi connectivity index (χ1n) is 5.04. The molecule has 0 spiro atoms. The van der Waals surface area contributed by atoms with E-state index >= 15 is 0 Å². The summed E-state index contributed by atoms with van der Waals surface area (Å²) in [6, 6.07) is 0. The van der Waals surface area contributed by atoms with E-state index in [1.54, 1.807) is 6.92 Å². The predicted molar refractivity (Wildman–Crippen MR) is 54.4 cm³/mol. The minimum absolute atomic E-state index is 0.310. The normalized spacial score (nSPS) is 18.6. The molecule has 7 nitrogen and oxygen atoms in total. The summed E-state index contributed by atoms with van der Waals surface area (Å²) in [5.74, 6) is -0.749. The molecule has 0 aromatic carbocycles. The van der Waals surface area contributed by atoms with Crippen molar-refractivity contribution in [2.75, 3.05) is 13.2 Å². The van der Waals surface area contributed by atoms with E-state index in [4.69, 9.17) is 10.2 Å². The van der Waals surface area contributed by atoms with Crippen LogP contribution in [0.3, 0.4) is 0 Å². The van der Waals surface area contributed by atoms with Gasteiger partial charge in [-0.05, 0) is 6.92 Å². The van der Waals surface area contributed by atoms with Crippen LogP contribution in [0.4, 0.5) is 0 Å². The van der Waals surface area contributed by atoms with Gasteiger partial charge in [-0.15, -0.1) is 0 Å². The van der Waals surface area contributed by atoms with Crippen molar-refractivity contribution < 1.29 is 30.3 Å². The molecule has 0 fully saturated rings. The topological polar surface area (TPSA) is 130 Å². The number of rotatable bonds is 7. The van der Waals surface area contributed by atoms with Crippen LogP contribution >= 0.6 is 0 Å². The van der Waals surface area contributed by atoms with Crippen molar-refractivity contribution in [1.82, 2.24) is 5.32 Å². The fourth-order valence-electron chi connectivity index (χ4n) is 1.11. The van der Waals surface area contributed by atoms with Gasteiger partial charge in [-0.3, -0.25) is 4.79 Å². The van der Waals surface area contributed by atoms with Crippen LogP contribution in [0.2, 0.25) is 0 Å². The van der Waals surface area contributed by atoms with Gasteiger partial charge in [-0.25, -0.2) is 0 Å². The lowest BCUT2D eigenvalue weighted by molar-refractivity contribution is -0.137. The molecular weight excluding hydrogens is 218 g/mol. The second kappa shape index (κ2) is 7.53. The van der Waals surface area contributed by atoms with Gasteiger partial charge in [-0.1, -0.05) is 0 Å². The second-order valence-corrected chi connectivity index (χ2v) is 3.46. The Hall–Kier alpha value is -0.730. The average Bonchev–Trinajstić information content (AvgIpc) is 2.26. The van der Waals surface area contributed by atoms with E-state index in [0.29, 0.717) is 6.54 Å². The zero-order valence-corrected chi connectivity index (χ0v) is 9.08. The van der Waals surface area contributed by atoms with Crippen molar-refractivity contribution in [3.8, 4) is 0 Å². The fourth-order valence-corrected chi connectivity index (χ4v) is 1.11. The molecule has 0 aliphatic carbocycles. The lowest BCUT2D eigenvalue weighted by Gasteiger charge is -2.22. The quantitative estimate of drug-likeness (QED) is 0.279. The number of carbonyl (C=O) groups is 1. The summed E-state index contributed by atoms with van der Waals surface area (Å²) in [4.78, 5) is 11.1. The summed E-state index contributed by atoms with van der Waals surface area (Å²) in [7, 11) is 0. The van der Waals surface area contributed by atoms with E-state index in [9.17, 15) is 20.1 Å². The first kappa shape index (κ1) is 15.3. The lowest BCUT2D eigenvalue weighted by atomic mass is 10.0. The number of hydrogen-bond donors (Lipinski definition) is 6. The maximum Gasteiger partial charge on any atom is 0.251 e. The third-order valence-electron chi connectivity index (χ3n) is 2.10. The van der Waals surface area contributed by atoms with E-state index < -0.39 is 43.4 Å². The fraction of sp³-hybridized carbons (Fsp3) is 0.889. The van der Waals surface area contributed by atoms with Crippen LogP contribution < -0.4 is 5.32 Å². The summed E-state index contributed by atoms with van der Waals surface area (Å²) < 4.78 is 0. The molecule has 0 saturated heterocycles. The van der Waals surface area contributed by atoms with Crippen molar-refractivity contribution in [2.24, 2.45) is 0 Å². The molecule has 0 heterocycles. The highest BCUT2D eigenvalue weighted by molar-refractivity contribution is 5.80. The molecular formula is C9H19NO6. The van der Waals surface area contributed by atoms with Gasteiger partial charge in [0, 0.05) is 13.0 Å². The zero-order chi connectivity index (χ0) is 12.7. The Labute approximate surface area is 93.3 Å². The monoisotopic (exact) mass is 237 g/mol. The second-order valence-electron chi connectivity index (χ2n) is 3.46. The van der Waals surface area contributed by atoms with Gasteiger partial charge in [0.05, 0.1) is 18.8 Å². The molecule has 1 amide bonds. The lowest BCUT2D eigenvalue weighted by Crippen LogP contribution is -2.45. The van der Waals surface area contributed by atoms with Crippen LogP contribution in [0.25, 0.3) is 0 Å². The molecule has 7 heteroatoms. The van der Waals surface area contributed by atoms with E-state index in [1.807, 2.05) is 0 Å². The Balaban J connectivity index is 4.13. The molecule has 0 aliphatic rings. The summed E-state index contributed by atoms with van der Waals surface area (Å²) in [6.45, 7) is 1.30. The van der Waals surface area contributed by atoms with Crippen LogP contribution in [0.5, 0.6) is 0 Å². The molecule has 6 N–H and O–H groups in total. The molecule has 0 aliphatic heterocycles. The predicted octanol–water partition coefficient (Wildman–Crippen LogP) is -3.05. The van der Waals surface area contributed by atoms with Gasteiger partial charge in [0.25, 0.3) is 5.91 Å². The average molecular weight is 237 g/mol. The highest BCUT2D eigenvalue weighted by Crippen LogP contribution is 2.07. The van der Waals surface area contributed by atoms with Crippen molar-refractivity contribution in [3.05, 3.63) is 0 Å². The van der Waals surface area contributed by atoms with E-state index in [0.717, 1.165) is 0 Å². The number of nitrogens with one attached hydrogen (secondary N) is 1. The number of aliphatic hydroxyl groups is 5. The van der Waals surface area contributed by atoms with Gasteiger partial charge in [-0.2, -0.15) is 0 Å². The number of amides is 1. The van der Waals surface area contributed by atoms with Crippen molar-refractivity contribution in [3.63, 3.8) is 0 Å². The Kier molecular flexibility index (Phi) is 7.18. The standard InChI is InChI=1S/C9H19NO6/c1-2-10-9(16)8(15)6(13)3-5(12)7(14)4-11/h5-8,11-15H,2-4H2,1H3,(H,10,16)/t5?,6-,7?,8?/m1/s1. The third-order valence-corrected chi connectivity index (χ3v) is 2.10. The summed E-state index contributed by atoms with van der Waals surface area (Å²) in [5, 5.41) is 47.7. The van der Waals surface area contributed by atoms with Gasteiger partial charge in [0.2, 0.25) is 0 Å². The largest absolute Gasteiger partial charge is 0.394 e. The number of aliphatic hydroxyl groups excluding tert-OH is 5. The minimum atomic E-state index is -1.67. The maximum atomic E-state index is 11.1. The number of carbonyl (C=O) groups excluding carboxylic acids is 1. The SMILES string of the molecule is CCNC(=O)C(O)[C@H](O)CC(O)C(O)CO. The highest BCUT2D eigenvalue weighted by atomic mass is 16.4. The van der Waals surface area contributed by atoms with Crippen LogP contribution in [0.1, 0.15) is 13.3 Å². The summed E-state index contributed by atoms with van der Waals surface area (Å²) in [5.41, 5.74) is 0. The van der Waals surface area contributed by atoms with Crippen LogP contribution in [-0.2, 0) is 4.79 Å². The van der Waals surface area contributed by atoms with E-state index in [-0.39, 0.29) is 0 Å². The zero-order valence-electron chi connectivity index (χ0n) is 9.08. The van der Waals surface area contributed by atoms with Crippen molar-refractivity contribution in [1.29, 1.82) is 0 Å². The molecule has 3 unspecified atom stereocenters. The Bertz CT molecular complexity index is 212. The first-order chi connectivity index (χ1) is 7.43. The molecule has 0 bridgehead atoms. The third kappa shape index (κ3) is 4.86. The molecule has 0 aromatic rings. The van der Waals surface area contributed by atoms with Crippen LogP contribution in [-0.4, -0.2) is 69.0 Å². The van der Waals surface area contributed by atoms with Gasteiger partial charge in [0.15, 0.2) is 6.10 Å². The summed E-state index contributed by atoms with van der Waals surface area (Å²) in [6.07, 6.45) is -6.37. The van der Waals surface area contributed by atoms with Gasteiger partial charge >= 0.3 is 0 Å². The van der Waals surface area contributed by atoms with Crippen LogP contribution in [0, 0.1) is 0 Å². The highest BCUT2D eigenvalue weighted by Gasteiger charge is 2.28. The van der Waals surface area contributed by atoms with E-state index in [2.05, 4.69) is 5.32 Å².